The molecule has 1 aromatic carbocycles. The minimum atomic E-state index is 1.26. The molecule has 0 unspecified atom stereocenters. The fourth-order valence-electron chi connectivity index (χ4n) is 2.84. The van der Waals surface area contributed by atoms with Crippen molar-refractivity contribution in [1.29, 1.82) is 0 Å². The van der Waals surface area contributed by atoms with Crippen molar-refractivity contribution in [2.75, 3.05) is 0 Å². The van der Waals surface area contributed by atoms with Gasteiger partial charge in [-0.05, 0) is 64.9 Å². The quantitative estimate of drug-likeness (QED) is 0.333. The third kappa shape index (κ3) is 17.4. The van der Waals surface area contributed by atoms with Crippen molar-refractivity contribution in [1.82, 2.24) is 0 Å². The van der Waals surface area contributed by atoms with Crippen LogP contribution in [0.4, 0.5) is 0 Å². The highest BCUT2D eigenvalue weighted by Crippen LogP contribution is 2.17. The molecule has 0 radical (unpaired) electrons. The number of benzene rings is 1. The molecule has 2 rings (SSSR count). The van der Waals surface area contributed by atoms with Crippen LogP contribution in [0.1, 0.15) is 91.0 Å². The molecule has 27 heavy (non-hydrogen) atoms. The Labute approximate surface area is 169 Å². The van der Waals surface area contributed by atoms with Crippen LogP contribution in [0.2, 0.25) is 0 Å². The van der Waals surface area contributed by atoms with Crippen molar-refractivity contribution >= 4 is 6.08 Å². The monoisotopic (exact) mass is 366 g/mol. The van der Waals surface area contributed by atoms with E-state index in [0.29, 0.717) is 0 Å². The summed E-state index contributed by atoms with van der Waals surface area (Å²) in [5.74, 6) is 0. The average molecular weight is 367 g/mol. The largest absolute Gasteiger partial charge is 0.0917 e. The van der Waals surface area contributed by atoms with Crippen molar-refractivity contribution < 1.29 is 0 Å². The Bertz CT molecular complexity index is 528. The first-order valence-corrected chi connectivity index (χ1v) is 10.9. The van der Waals surface area contributed by atoms with Crippen LogP contribution in [0, 0.1) is 0 Å². The first-order chi connectivity index (χ1) is 13.3. The second-order valence-corrected chi connectivity index (χ2v) is 6.85. The number of allylic oxidation sites excluding steroid dienone is 7. The van der Waals surface area contributed by atoms with E-state index in [4.69, 9.17) is 0 Å². The Balaban J connectivity index is 0.000000376. The van der Waals surface area contributed by atoms with E-state index in [1.807, 2.05) is 31.2 Å². The lowest BCUT2D eigenvalue weighted by molar-refractivity contribution is 0.674. The Morgan fingerprint density at radius 3 is 2.11 bits per heavy atom. The minimum absolute atomic E-state index is 1.26. The molecule has 0 aliphatic heterocycles. The van der Waals surface area contributed by atoms with Crippen LogP contribution in [-0.2, 0) is 0 Å². The fraction of sp³-hybridized carbons (Fsp3) is 0.481. The Morgan fingerprint density at radius 2 is 1.56 bits per heavy atom. The molecule has 1 aliphatic carbocycles. The van der Waals surface area contributed by atoms with Gasteiger partial charge in [0.2, 0.25) is 0 Å². The molecule has 0 nitrogen and oxygen atoms in total. The maximum atomic E-state index is 2.35. The SMILES string of the molecule is C/C=C/C1=CCCCC1.C/C=C/CCCCCC.C/C=C/c1ccccc1. The summed E-state index contributed by atoms with van der Waals surface area (Å²) in [6.45, 7) is 8.43. The van der Waals surface area contributed by atoms with E-state index >= 15 is 0 Å². The molecule has 0 saturated carbocycles. The second kappa shape index (κ2) is 20.5. The van der Waals surface area contributed by atoms with Gasteiger partial charge in [0.25, 0.3) is 0 Å². The molecular formula is C27H42. The van der Waals surface area contributed by atoms with Gasteiger partial charge in [0, 0.05) is 0 Å². The van der Waals surface area contributed by atoms with Gasteiger partial charge in [0.1, 0.15) is 0 Å². The summed E-state index contributed by atoms with van der Waals surface area (Å²) >= 11 is 0. The van der Waals surface area contributed by atoms with Gasteiger partial charge in [0.15, 0.2) is 0 Å². The fourth-order valence-corrected chi connectivity index (χ4v) is 2.84. The van der Waals surface area contributed by atoms with Crippen molar-refractivity contribution in [2.45, 2.75) is 85.5 Å². The highest BCUT2D eigenvalue weighted by molar-refractivity contribution is 5.47. The summed E-state index contributed by atoms with van der Waals surface area (Å²) < 4.78 is 0. The van der Waals surface area contributed by atoms with Crippen molar-refractivity contribution in [2.24, 2.45) is 0 Å². The second-order valence-electron chi connectivity index (χ2n) is 6.85. The van der Waals surface area contributed by atoms with Crippen LogP contribution in [0.15, 0.2) is 72.4 Å². The number of unbranched alkanes of at least 4 members (excludes halogenated alkanes) is 4. The summed E-state index contributed by atoms with van der Waals surface area (Å²) in [7, 11) is 0. The van der Waals surface area contributed by atoms with Gasteiger partial charge in [-0.2, -0.15) is 0 Å². The molecular weight excluding hydrogens is 324 g/mol. The minimum Gasteiger partial charge on any atom is -0.0917 e. The first kappa shape index (κ1) is 25.2. The zero-order valence-corrected chi connectivity index (χ0v) is 18.3. The van der Waals surface area contributed by atoms with Crippen LogP contribution in [0.5, 0.6) is 0 Å². The maximum absolute atomic E-state index is 2.35. The van der Waals surface area contributed by atoms with Gasteiger partial charge in [-0.15, -0.1) is 0 Å². The Morgan fingerprint density at radius 1 is 0.815 bits per heavy atom. The van der Waals surface area contributed by atoms with E-state index in [-0.39, 0.29) is 0 Å². The molecule has 0 saturated heterocycles. The Hall–Kier alpha value is -1.82. The van der Waals surface area contributed by atoms with E-state index in [2.05, 4.69) is 69.4 Å². The van der Waals surface area contributed by atoms with Gasteiger partial charge in [0.05, 0.1) is 0 Å². The third-order valence-corrected chi connectivity index (χ3v) is 4.33. The van der Waals surface area contributed by atoms with E-state index in [9.17, 15) is 0 Å². The molecule has 0 heteroatoms. The maximum Gasteiger partial charge on any atom is -0.0260 e. The summed E-state index contributed by atoms with van der Waals surface area (Å²) in [4.78, 5) is 0. The molecule has 0 fully saturated rings. The zero-order chi connectivity index (χ0) is 20.0. The molecule has 0 bridgehead atoms. The van der Waals surface area contributed by atoms with Crippen LogP contribution >= 0.6 is 0 Å². The van der Waals surface area contributed by atoms with Crippen LogP contribution in [0.25, 0.3) is 6.08 Å². The van der Waals surface area contributed by atoms with E-state index in [1.165, 1.54) is 68.9 Å². The molecule has 1 aromatic rings. The van der Waals surface area contributed by atoms with Crippen LogP contribution < -0.4 is 0 Å². The number of rotatable bonds is 7. The van der Waals surface area contributed by atoms with Crippen LogP contribution in [0.3, 0.4) is 0 Å². The van der Waals surface area contributed by atoms with Crippen molar-refractivity contribution in [3.63, 3.8) is 0 Å². The number of hydrogen-bond acceptors (Lipinski definition) is 0. The van der Waals surface area contributed by atoms with Crippen molar-refractivity contribution in [3.8, 4) is 0 Å². The van der Waals surface area contributed by atoms with E-state index in [1.54, 1.807) is 0 Å². The highest BCUT2D eigenvalue weighted by atomic mass is 14.0. The molecule has 0 N–H and O–H groups in total. The van der Waals surface area contributed by atoms with E-state index in [0.717, 1.165) is 0 Å². The third-order valence-electron chi connectivity index (χ3n) is 4.33. The molecule has 0 amide bonds. The smallest absolute Gasteiger partial charge is 0.0260 e. The highest BCUT2D eigenvalue weighted by Gasteiger charge is 1.97. The summed E-state index contributed by atoms with van der Waals surface area (Å²) in [6, 6.07) is 10.3. The molecule has 0 aromatic heterocycles. The molecule has 150 valence electrons. The average Bonchev–Trinajstić information content (AvgIpc) is 2.71. The van der Waals surface area contributed by atoms with Crippen LogP contribution in [-0.4, -0.2) is 0 Å². The molecule has 0 heterocycles. The lowest BCUT2D eigenvalue weighted by Gasteiger charge is -2.07. The summed E-state index contributed by atoms with van der Waals surface area (Å²) in [6.07, 6.45) is 27.3. The van der Waals surface area contributed by atoms with Gasteiger partial charge in [-0.25, -0.2) is 0 Å². The lowest BCUT2D eigenvalue weighted by atomic mass is 9.99. The lowest BCUT2D eigenvalue weighted by Crippen LogP contribution is -1.87. The summed E-state index contributed by atoms with van der Waals surface area (Å²) in [5, 5.41) is 0. The van der Waals surface area contributed by atoms with Gasteiger partial charge >= 0.3 is 0 Å². The normalized spacial score (nSPS) is 13.9. The van der Waals surface area contributed by atoms with Gasteiger partial charge < -0.3 is 0 Å². The standard InChI is InChI=1S/C9H14.C9H10.C9H18/c2*1-2-6-9-7-4-3-5-8-9;1-3-5-7-9-8-6-4-2/h2,6-7H,3-5,8H2,1H3;2-8H,1H3;3,5H,4,6-9H2,1-2H3/b2*6-2+;5-3+. The predicted molar refractivity (Wildman–Crippen MR) is 126 cm³/mol. The molecule has 0 spiro atoms. The zero-order valence-electron chi connectivity index (χ0n) is 18.3. The Kier molecular flexibility index (Phi) is 19.1. The number of hydrogen-bond donors (Lipinski definition) is 0. The predicted octanol–water partition coefficient (Wildman–Crippen LogP) is 9.32. The van der Waals surface area contributed by atoms with Crippen molar-refractivity contribution in [3.05, 3.63) is 77.9 Å². The van der Waals surface area contributed by atoms with Gasteiger partial charge in [-0.1, -0.05) is 105 Å². The topological polar surface area (TPSA) is 0 Å². The summed E-state index contributed by atoms with van der Waals surface area (Å²) in [5.41, 5.74) is 2.80. The first-order valence-electron chi connectivity index (χ1n) is 10.9. The van der Waals surface area contributed by atoms with E-state index < -0.39 is 0 Å². The molecule has 0 atom stereocenters. The molecule has 1 aliphatic rings. The van der Waals surface area contributed by atoms with Gasteiger partial charge in [-0.3, -0.25) is 0 Å².